The number of hydrogen-bond donors (Lipinski definition) is 0. The Labute approximate surface area is 201 Å². The average Bonchev–Trinajstić information content (AvgIpc) is 3.34. The van der Waals surface area contributed by atoms with Gasteiger partial charge in [0.25, 0.3) is 0 Å². The van der Waals surface area contributed by atoms with Gasteiger partial charge in [-0.25, -0.2) is 9.67 Å². The number of benzene rings is 2. The van der Waals surface area contributed by atoms with Crippen LogP contribution in [0.15, 0.2) is 52.9 Å². The van der Waals surface area contributed by atoms with E-state index in [0.717, 1.165) is 59.1 Å². The van der Waals surface area contributed by atoms with Gasteiger partial charge < -0.3 is 9.47 Å². The Balaban J connectivity index is 1.21. The fourth-order valence-electron chi connectivity index (χ4n) is 3.95. The summed E-state index contributed by atoms with van der Waals surface area (Å²) < 4.78 is 7.05. The Morgan fingerprint density at radius 1 is 1.06 bits per heavy atom. The lowest BCUT2D eigenvalue weighted by atomic mass is 10.2. The fourth-order valence-corrected chi connectivity index (χ4v) is 6.20. The highest BCUT2D eigenvalue weighted by Crippen LogP contribution is 2.31. The van der Waals surface area contributed by atoms with Gasteiger partial charge in [-0.3, -0.25) is 4.90 Å². The van der Waals surface area contributed by atoms with Crippen LogP contribution in [-0.4, -0.2) is 50.4 Å². The van der Waals surface area contributed by atoms with Gasteiger partial charge >= 0.3 is 0 Å². The van der Waals surface area contributed by atoms with Crippen molar-refractivity contribution in [2.45, 2.75) is 23.7 Å². The van der Waals surface area contributed by atoms with Crippen molar-refractivity contribution in [3.05, 3.63) is 64.7 Å². The molecule has 1 aliphatic rings. The molecule has 3 heterocycles. The molecule has 0 spiro atoms. The van der Waals surface area contributed by atoms with Crippen LogP contribution in [-0.2, 0) is 19.5 Å². The minimum absolute atomic E-state index is 0.736. The summed E-state index contributed by atoms with van der Waals surface area (Å²) in [6.07, 6.45) is 0. The predicted molar refractivity (Wildman–Crippen MR) is 136 cm³/mol. The van der Waals surface area contributed by atoms with Crippen molar-refractivity contribution in [1.29, 1.82) is 0 Å². The summed E-state index contributed by atoms with van der Waals surface area (Å²) in [7, 11) is 2.01. The number of thiazole rings is 1. The molecular formula is C23H26N6S3. The maximum atomic E-state index is 5.68. The first-order valence-electron chi connectivity index (χ1n) is 10.7. The summed E-state index contributed by atoms with van der Waals surface area (Å²) in [5.74, 6) is 1.74. The minimum Gasteiger partial charge on any atom is -0.369 e. The Morgan fingerprint density at radius 2 is 1.88 bits per heavy atom. The first-order valence-corrected chi connectivity index (χ1v) is 12.9. The third kappa shape index (κ3) is 4.61. The van der Waals surface area contributed by atoms with E-state index in [-0.39, 0.29) is 0 Å². The molecule has 5 rings (SSSR count). The van der Waals surface area contributed by atoms with E-state index in [9.17, 15) is 0 Å². The molecule has 2 aromatic carbocycles. The van der Waals surface area contributed by atoms with Crippen molar-refractivity contribution in [3.8, 4) is 0 Å². The van der Waals surface area contributed by atoms with E-state index in [4.69, 9.17) is 22.3 Å². The van der Waals surface area contributed by atoms with Crippen molar-refractivity contribution in [2.75, 3.05) is 31.1 Å². The fraction of sp³-hybridized carbons (Fsp3) is 0.348. The quantitative estimate of drug-likeness (QED) is 0.286. The number of nitrogens with zero attached hydrogens (tertiary/aromatic N) is 6. The average molecular weight is 483 g/mol. The summed E-state index contributed by atoms with van der Waals surface area (Å²) >= 11 is 9.14. The largest absolute Gasteiger partial charge is 0.369 e. The summed E-state index contributed by atoms with van der Waals surface area (Å²) in [5.41, 5.74) is 3.68. The third-order valence-corrected chi connectivity index (χ3v) is 8.46. The lowest BCUT2D eigenvalue weighted by Crippen LogP contribution is -2.47. The van der Waals surface area contributed by atoms with Crippen LogP contribution in [0, 0.1) is 11.7 Å². The second kappa shape index (κ2) is 9.35. The predicted octanol–water partition coefficient (Wildman–Crippen LogP) is 4.94. The van der Waals surface area contributed by atoms with Crippen LogP contribution in [0.2, 0.25) is 0 Å². The van der Waals surface area contributed by atoms with Gasteiger partial charge in [0.2, 0.25) is 0 Å². The second-order valence-electron chi connectivity index (χ2n) is 8.08. The van der Waals surface area contributed by atoms with Crippen LogP contribution >= 0.6 is 35.3 Å². The van der Waals surface area contributed by atoms with Gasteiger partial charge in [-0.2, -0.15) is 5.10 Å². The topological polar surface area (TPSA) is 42.1 Å². The summed E-state index contributed by atoms with van der Waals surface area (Å²) in [5, 5.41) is 4.84. The lowest BCUT2D eigenvalue weighted by molar-refractivity contribution is 0.194. The Kier molecular flexibility index (Phi) is 6.32. The van der Waals surface area contributed by atoms with Crippen molar-refractivity contribution >= 4 is 51.2 Å². The molecule has 1 fully saturated rings. The zero-order valence-electron chi connectivity index (χ0n) is 18.3. The number of aryl methyl sites for hydroxylation is 1. The van der Waals surface area contributed by atoms with E-state index in [1.54, 1.807) is 23.1 Å². The van der Waals surface area contributed by atoms with Gasteiger partial charge in [-0.05, 0) is 49.0 Å². The molecule has 0 aliphatic carbocycles. The van der Waals surface area contributed by atoms with E-state index in [1.165, 1.54) is 16.0 Å². The number of aromatic nitrogens is 4. The van der Waals surface area contributed by atoms with E-state index in [0.29, 0.717) is 0 Å². The Bertz CT molecular complexity index is 1250. The van der Waals surface area contributed by atoms with Crippen LogP contribution < -0.4 is 4.90 Å². The van der Waals surface area contributed by atoms with Crippen LogP contribution in [0.4, 0.5) is 5.69 Å². The van der Waals surface area contributed by atoms with E-state index < -0.39 is 0 Å². The van der Waals surface area contributed by atoms with Crippen LogP contribution in [0.25, 0.3) is 10.2 Å². The Morgan fingerprint density at radius 3 is 2.66 bits per heavy atom. The number of hydrogen-bond acceptors (Lipinski definition) is 7. The molecule has 0 bridgehead atoms. The molecule has 6 nitrogen and oxygen atoms in total. The Hall–Kier alpha value is -2.20. The summed E-state index contributed by atoms with van der Waals surface area (Å²) in [6.45, 7) is 6.92. The first kappa shape index (κ1) is 21.6. The maximum absolute atomic E-state index is 5.68. The highest BCUT2D eigenvalue weighted by atomic mass is 32.2. The first-order chi connectivity index (χ1) is 15.6. The van der Waals surface area contributed by atoms with Gasteiger partial charge in [-0.15, -0.1) is 11.3 Å². The standard InChI is InChI=1S/C23H26N6S3/c1-17-6-5-7-18(14-17)28-12-10-27(11-13-28)16-29-23(30)26(2)21(25-29)15-31-22-24-19-8-3-4-9-20(19)32-22/h3-9,14H,10-13,15-16H2,1-2H3. The second-order valence-corrected chi connectivity index (χ2v) is 10.7. The van der Waals surface area contributed by atoms with Crippen molar-refractivity contribution < 1.29 is 0 Å². The molecule has 4 aromatic rings. The van der Waals surface area contributed by atoms with Gasteiger partial charge in [-0.1, -0.05) is 36.0 Å². The number of rotatable bonds is 6. The molecule has 0 amide bonds. The molecule has 32 heavy (non-hydrogen) atoms. The minimum atomic E-state index is 0.736. The number of fused-ring (bicyclic) bond motifs is 1. The SMILES string of the molecule is Cc1cccc(N2CCN(Cn3nc(CSc4nc5ccccc5s4)n(C)c3=S)CC2)c1. The van der Waals surface area contributed by atoms with Crippen LogP contribution in [0.5, 0.6) is 0 Å². The monoisotopic (exact) mass is 482 g/mol. The zero-order chi connectivity index (χ0) is 22.1. The van der Waals surface area contributed by atoms with E-state index >= 15 is 0 Å². The maximum Gasteiger partial charge on any atom is 0.198 e. The number of piperazine rings is 1. The van der Waals surface area contributed by atoms with Crippen molar-refractivity contribution in [1.82, 2.24) is 24.2 Å². The van der Waals surface area contributed by atoms with E-state index in [2.05, 4.69) is 59.2 Å². The highest BCUT2D eigenvalue weighted by Gasteiger charge is 2.19. The van der Waals surface area contributed by atoms with Gasteiger partial charge in [0.05, 0.1) is 22.6 Å². The summed E-state index contributed by atoms with van der Waals surface area (Å²) in [6, 6.07) is 17.0. The number of thioether (sulfide) groups is 1. The van der Waals surface area contributed by atoms with Crippen LogP contribution in [0.3, 0.4) is 0 Å². The van der Waals surface area contributed by atoms with Gasteiger partial charge in [0.15, 0.2) is 9.11 Å². The molecule has 0 unspecified atom stereocenters. The zero-order valence-corrected chi connectivity index (χ0v) is 20.7. The van der Waals surface area contributed by atoms with Crippen LogP contribution in [0.1, 0.15) is 11.4 Å². The number of para-hydroxylation sites is 1. The van der Waals surface area contributed by atoms with Gasteiger partial charge in [0.1, 0.15) is 5.82 Å². The molecule has 0 atom stereocenters. The number of anilines is 1. The van der Waals surface area contributed by atoms with Crippen molar-refractivity contribution in [3.63, 3.8) is 0 Å². The normalized spacial score (nSPS) is 15.0. The molecule has 0 N–H and O–H groups in total. The third-order valence-electron chi connectivity index (χ3n) is 5.80. The molecule has 0 saturated carbocycles. The molecule has 166 valence electrons. The molecule has 1 aliphatic heterocycles. The van der Waals surface area contributed by atoms with Crippen molar-refractivity contribution in [2.24, 2.45) is 7.05 Å². The summed E-state index contributed by atoms with van der Waals surface area (Å²) in [4.78, 5) is 9.61. The molecule has 0 radical (unpaired) electrons. The molecule has 1 saturated heterocycles. The van der Waals surface area contributed by atoms with Gasteiger partial charge in [0, 0.05) is 38.9 Å². The smallest absolute Gasteiger partial charge is 0.198 e. The molecule has 9 heteroatoms. The molecule has 2 aromatic heterocycles. The lowest BCUT2D eigenvalue weighted by Gasteiger charge is -2.36. The van der Waals surface area contributed by atoms with E-state index in [1.807, 2.05) is 22.4 Å². The highest BCUT2D eigenvalue weighted by molar-refractivity contribution is 8.00. The molecular weight excluding hydrogens is 456 g/mol.